The van der Waals surface area contributed by atoms with E-state index in [0.717, 1.165) is 5.56 Å². The molecule has 1 fully saturated rings. The van der Waals surface area contributed by atoms with E-state index in [1.54, 1.807) is 24.3 Å². The number of amides is 1. The van der Waals surface area contributed by atoms with Crippen LogP contribution >= 0.6 is 0 Å². The highest BCUT2D eigenvalue weighted by Crippen LogP contribution is 2.10. The van der Waals surface area contributed by atoms with Gasteiger partial charge in [0.15, 0.2) is 0 Å². The van der Waals surface area contributed by atoms with Crippen LogP contribution in [0.2, 0.25) is 0 Å². The minimum Gasteiger partial charge on any atom is -0.508 e. The summed E-state index contributed by atoms with van der Waals surface area (Å²) in [6.45, 7) is 2.59. The Morgan fingerprint density at radius 2 is 2.00 bits per heavy atom. The number of benzene rings is 1. The van der Waals surface area contributed by atoms with E-state index in [4.69, 9.17) is 10.5 Å². The fourth-order valence-corrected chi connectivity index (χ4v) is 1.89. The number of phenolic OH excluding ortho intramolecular Hbond substituents is 1. The highest BCUT2D eigenvalue weighted by Gasteiger charge is 2.18. The monoisotopic (exact) mass is 265 g/mol. The van der Waals surface area contributed by atoms with Crippen molar-refractivity contribution < 1.29 is 14.6 Å². The van der Waals surface area contributed by atoms with Gasteiger partial charge in [0.1, 0.15) is 5.75 Å². The number of aromatic hydroxyl groups is 1. The maximum Gasteiger partial charge on any atom is 0.251 e. The summed E-state index contributed by atoms with van der Waals surface area (Å²) in [5, 5.41) is 11.0. The van der Waals surface area contributed by atoms with Crippen LogP contribution < -0.4 is 11.2 Å². The number of ether oxygens (including phenoxy) is 1. The van der Waals surface area contributed by atoms with Gasteiger partial charge in [-0.3, -0.25) is 10.2 Å². The number of carbonyl (C=O) groups is 1. The molecule has 0 spiro atoms. The van der Waals surface area contributed by atoms with Crippen LogP contribution in [0.1, 0.15) is 5.56 Å². The predicted octanol–water partition coefficient (Wildman–Crippen LogP) is -0.375. The molecular weight excluding hydrogens is 246 g/mol. The number of phenols is 1. The number of rotatable bonds is 4. The molecule has 6 nitrogen and oxygen atoms in total. The maximum absolute atomic E-state index is 11.9. The first-order valence-corrected chi connectivity index (χ1v) is 6.32. The second-order valence-corrected chi connectivity index (χ2v) is 4.55. The molecule has 0 aliphatic carbocycles. The summed E-state index contributed by atoms with van der Waals surface area (Å²) >= 11 is 0. The van der Waals surface area contributed by atoms with Crippen LogP contribution in [0.3, 0.4) is 0 Å². The second-order valence-electron chi connectivity index (χ2n) is 4.55. The Kier molecular flexibility index (Phi) is 4.73. The van der Waals surface area contributed by atoms with Crippen LogP contribution in [0.25, 0.3) is 0 Å². The predicted molar refractivity (Wildman–Crippen MR) is 70.3 cm³/mol. The summed E-state index contributed by atoms with van der Waals surface area (Å²) in [4.78, 5) is 11.9. The molecule has 6 heteroatoms. The largest absolute Gasteiger partial charge is 0.508 e. The van der Waals surface area contributed by atoms with Gasteiger partial charge in [0.05, 0.1) is 19.3 Å². The van der Waals surface area contributed by atoms with Crippen molar-refractivity contribution in [3.05, 3.63) is 29.8 Å². The third-order valence-electron chi connectivity index (χ3n) is 3.01. The van der Waals surface area contributed by atoms with Gasteiger partial charge in [-0.25, -0.2) is 5.01 Å². The van der Waals surface area contributed by atoms with Crippen molar-refractivity contribution in [3.63, 3.8) is 0 Å². The van der Waals surface area contributed by atoms with E-state index in [-0.39, 0.29) is 11.7 Å². The first-order valence-electron chi connectivity index (χ1n) is 6.32. The smallest absolute Gasteiger partial charge is 0.251 e. The molecule has 0 bridgehead atoms. The molecule has 1 aromatic rings. The highest BCUT2D eigenvalue weighted by molar-refractivity contribution is 5.81. The molecule has 1 aliphatic heterocycles. The summed E-state index contributed by atoms with van der Waals surface area (Å²) in [6, 6.07) is 6.09. The molecule has 1 saturated heterocycles. The Balaban J connectivity index is 1.83. The van der Waals surface area contributed by atoms with Crippen LogP contribution in [0.4, 0.5) is 0 Å². The molecule has 19 heavy (non-hydrogen) atoms. The Morgan fingerprint density at radius 1 is 1.37 bits per heavy atom. The Hall–Kier alpha value is -1.63. The van der Waals surface area contributed by atoms with Gasteiger partial charge >= 0.3 is 0 Å². The molecule has 2 rings (SSSR count). The summed E-state index contributed by atoms with van der Waals surface area (Å²) in [5.41, 5.74) is 9.58. The number of morpholine rings is 1. The average Bonchev–Trinajstić information content (AvgIpc) is 2.42. The molecule has 104 valence electrons. The van der Waals surface area contributed by atoms with Crippen LogP contribution in [-0.4, -0.2) is 48.4 Å². The summed E-state index contributed by atoms with van der Waals surface area (Å²) in [5.74, 6) is 0.00469. The lowest BCUT2D eigenvalue weighted by molar-refractivity contribution is -0.129. The Morgan fingerprint density at radius 3 is 2.63 bits per heavy atom. The fraction of sp³-hybridized carbons (Fsp3) is 0.462. The van der Waals surface area contributed by atoms with Crippen molar-refractivity contribution in [1.82, 2.24) is 10.4 Å². The third kappa shape index (κ3) is 4.20. The molecule has 4 N–H and O–H groups in total. The number of hydrogen-bond donors (Lipinski definition) is 3. The molecule has 1 aliphatic rings. The van der Waals surface area contributed by atoms with Crippen molar-refractivity contribution in [2.45, 2.75) is 12.5 Å². The highest BCUT2D eigenvalue weighted by atomic mass is 16.5. The van der Waals surface area contributed by atoms with Gasteiger partial charge in [0.2, 0.25) is 0 Å². The van der Waals surface area contributed by atoms with Crippen molar-refractivity contribution in [2.24, 2.45) is 5.73 Å². The summed E-state index contributed by atoms with van der Waals surface area (Å²) in [6.07, 6.45) is 0.441. The number of carbonyl (C=O) groups excluding carboxylic acids is 1. The minimum absolute atomic E-state index is 0.199. The number of hydrazine groups is 1. The molecule has 0 aromatic heterocycles. The van der Waals surface area contributed by atoms with Gasteiger partial charge in [0.25, 0.3) is 5.91 Å². The fourth-order valence-electron chi connectivity index (χ4n) is 1.89. The summed E-state index contributed by atoms with van der Waals surface area (Å²) < 4.78 is 5.20. The number of nitrogens with two attached hydrogens (primary N) is 1. The van der Waals surface area contributed by atoms with Crippen molar-refractivity contribution in [2.75, 3.05) is 26.3 Å². The van der Waals surface area contributed by atoms with Gasteiger partial charge in [-0.15, -0.1) is 0 Å². The van der Waals surface area contributed by atoms with Gasteiger partial charge in [-0.2, -0.15) is 0 Å². The first-order chi connectivity index (χ1) is 9.15. The van der Waals surface area contributed by atoms with Crippen molar-refractivity contribution >= 4 is 5.91 Å². The van der Waals surface area contributed by atoms with Crippen LogP contribution in [-0.2, 0) is 16.0 Å². The molecule has 0 saturated carbocycles. The number of nitrogens with one attached hydrogen (secondary N) is 1. The molecule has 0 radical (unpaired) electrons. The quantitative estimate of drug-likeness (QED) is 0.691. The number of nitrogens with zero attached hydrogens (tertiary/aromatic N) is 1. The lowest BCUT2D eigenvalue weighted by Gasteiger charge is -2.28. The van der Waals surface area contributed by atoms with E-state index in [2.05, 4.69) is 5.43 Å². The molecule has 1 aromatic carbocycles. The van der Waals surface area contributed by atoms with Gasteiger partial charge in [-0.1, -0.05) is 12.1 Å². The first kappa shape index (κ1) is 13.8. The van der Waals surface area contributed by atoms with E-state index in [0.29, 0.717) is 32.7 Å². The molecular formula is C13H19N3O3. The normalized spacial score (nSPS) is 17.9. The molecule has 1 atom stereocenters. The van der Waals surface area contributed by atoms with Crippen LogP contribution in [0.5, 0.6) is 5.75 Å². The Labute approximate surface area is 112 Å². The molecule has 1 heterocycles. The van der Waals surface area contributed by atoms with Gasteiger partial charge < -0.3 is 15.6 Å². The lowest BCUT2D eigenvalue weighted by Crippen LogP contribution is -2.53. The topological polar surface area (TPSA) is 87.8 Å². The maximum atomic E-state index is 11.9. The molecule has 1 amide bonds. The minimum atomic E-state index is -0.604. The SMILES string of the molecule is N[C@@H](Cc1ccc(O)cc1)C(=O)NN1CCOCC1. The van der Waals surface area contributed by atoms with Gasteiger partial charge in [-0.05, 0) is 24.1 Å². The number of hydrogen-bond acceptors (Lipinski definition) is 5. The van der Waals surface area contributed by atoms with Gasteiger partial charge in [0, 0.05) is 13.1 Å². The van der Waals surface area contributed by atoms with E-state index in [1.807, 2.05) is 5.01 Å². The van der Waals surface area contributed by atoms with Crippen LogP contribution in [0.15, 0.2) is 24.3 Å². The lowest BCUT2D eigenvalue weighted by atomic mass is 10.1. The summed E-state index contributed by atoms with van der Waals surface area (Å²) in [7, 11) is 0. The zero-order chi connectivity index (χ0) is 13.7. The van der Waals surface area contributed by atoms with E-state index < -0.39 is 6.04 Å². The standard InChI is InChI=1S/C13H19N3O3/c14-12(9-10-1-3-11(17)4-2-10)13(18)15-16-5-7-19-8-6-16/h1-4,12,17H,5-9,14H2,(H,15,18)/t12-/m0/s1. The zero-order valence-corrected chi connectivity index (χ0v) is 10.7. The van der Waals surface area contributed by atoms with Crippen LogP contribution in [0, 0.1) is 0 Å². The zero-order valence-electron chi connectivity index (χ0n) is 10.7. The van der Waals surface area contributed by atoms with Crippen molar-refractivity contribution in [3.8, 4) is 5.75 Å². The average molecular weight is 265 g/mol. The van der Waals surface area contributed by atoms with E-state index in [1.165, 1.54) is 0 Å². The Bertz CT molecular complexity index is 416. The van der Waals surface area contributed by atoms with Crippen molar-refractivity contribution in [1.29, 1.82) is 0 Å². The second kappa shape index (κ2) is 6.51. The van der Waals surface area contributed by atoms with E-state index in [9.17, 15) is 9.90 Å². The third-order valence-corrected chi connectivity index (χ3v) is 3.01. The molecule has 0 unspecified atom stereocenters. The van der Waals surface area contributed by atoms with E-state index >= 15 is 0 Å².